The molecule has 1 aliphatic rings. The number of aromatic amines is 1. The summed E-state index contributed by atoms with van der Waals surface area (Å²) in [6.45, 7) is 0.701. The zero-order valence-electron chi connectivity index (χ0n) is 21.0. The van der Waals surface area contributed by atoms with Crippen LogP contribution in [0.25, 0.3) is 22.2 Å². The van der Waals surface area contributed by atoms with Crippen molar-refractivity contribution in [2.45, 2.75) is 18.0 Å². The molecule has 2 aromatic heterocycles. The van der Waals surface area contributed by atoms with Crippen molar-refractivity contribution in [3.05, 3.63) is 64.6 Å². The predicted molar refractivity (Wildman–Crippen MR) is 139 cm³/mol. The summed E-state index contributed by atoms with van der Waals surface area (Å²) < 4.78 is 11.0. The quantitative estimate of drug-likeness (QED) is 0.288. The van der Waals surface area contributed by atoms with Gasteiger partial charge in [-0.3, -0.25) is 10.1 Å². The lowest BCUT2D eigenvalue weighted by Gasteiger charge is -2.35. The maximum atomic E-state index is 12.0. The fourth-order valence-electron chi connectivity index (χ4n) is 4.43. The van der Waals surface area contributed by atoms with Crippen molar-refractivity contribution in [1.29, 1.82) is 0 Å². The van der Waals surface area contributed by atoms with Gasteiger partial charge in [0.25, 0.3) is 6.04 Å². The van der Waals surface area contributed by atoms with Crippen LogP contribution >= 0.6 is 0 Å². The lowest BCUT2D eigenvalue weighted by molar-refractivity contribution is -0.519. The van der Waals surface area contributed by atoms with Crippen LogP contribution in [0.3, 0.4) is 0 Å². The SMILES string of the molecule is CNC1(CCN(C)C)C=CC(Nc2ncc(OC)c(-c3c[nH]c4c(OC)cccc34)n2)=CC1[N+](=O)[O-]. The third kappa shape index (κ3) is 4.75. The Morgan fingerprint density at radius 1 is 1.25 bits per heavy atom. The molecule has 0 amide bonds. The summed E-state index contributed by atoms with van der Waals surface area (Å²) >= 11 is 0. The van der Waals surface area contributed by atoms with Gasteiger partial charge in [-0.15, -0.1) is 0 Å². The van der Waals surface area contributed by atoms with E-state index >= 15 is 0 Å². The lowest BCUT2D eigenvalue weighted by atomic mass is 9.82. The molecule has 2 heterocycles. The first-order valence-corrected chi connectivity index (χ1v) is 11.5. The first kappa shape index (κ1) is 25.1. The molecule has 3 N–H and O–H groups in total. The zero-order valence-corrected chi connectivity index (χ0v) is 21.0. The fourth-order valence-corrected chi connectivity index (χ4v) is 4.43. The Bertz CT molecular complexity index is 1320. The third-order valence-electron chi connectivity index (χ3n) is 6.47. The summed E-state index contributed by atoms with van der Waals surface area (Å²) in [7, 11) is 8.82. The number of allylic oxidation sites excluding steroid dienone is 1. The molecule has 4 rings (SSSR count). The minimum atomic E-state index is -0.964. The number of rotatable bonds is 10. The van der Waals surface area contributed by atoms with Crippen molar-refractivity contribution < 1.29 is 14.4 Å². The number of benzene rings is 1. The molecule has 1 aliphatic carbocycles. The number of likely N-dealkylation sites (N-methyl/N-ethyl adjacent to an activating group) is 1. The van der Waals surface area contributed by atoms with Gasteiger partial charge in [0, 0.05) is 33.8 Å². The lowest BCUT2D eigenvalue weighted by Crippen LogP contribution is -2.56. The van der Waals surface area contributed by atoms with Crippen LogP contribution in [0, 0.1) is 10.1 Å². The van der Waals surface area contributed by atoms with E-state index in [0.29, 0.717) is 36.1 Å². The molecule has 3 aromatic rings. The molecule has 1 aromatic carbocycles. The summed E-state index contributed by atoms with van der Waals surface area (Å²) in [6, 6.07) is 4.79. The van der Waals surface area contributed by atoms with Crippen molar-refractivity contribution in [3.63, 3.8) is 0 Å². The van der Waals surface area contributed by atoms with Crippen molar-refractivity contribution in [3.8, 4) is 22.8 Å². The van der Waals surface area contributed by atoms with Gasteiger partial charge in [0.05, 0.1) is 25.9 Å². The van der Waals surface area contributed by atoms with Gasteiger partial charge in [-0.05, 0) is 46.3 Å². The number of nitro groups is 1. The van der Waals surface area contributed by atoms with Gasteiger partial charge in [0.2, 0.25) is 5.95 Å². The molecule has 0 aliphatic heterocycles. The normalized spacial score (nSPS) is 19.4. The van der Waals surface area contributed by atoms with E-state index in [9.17, 15) is 10.1 Å². The Kier molecular flexibility index (Phi) is 7.22. The molecule has 2 atom stereocenters. The Morgan fingerprint density at radius 3 is 2.69 bits per heavy atom. The number of aromatic nitrogens is 3. The first-order chi connectivity index (χ1) is 17.3. The van der Waals surface area contributed by atoms with Gasteiger partial charge in [-0.25, -0.2) is 9.97 Å². The Labute approximate surface area is 209 Å². The second kappa shape index (κ2) is 10.3. The van der Waals surface area contributed by atoms with Crippen molar-refractivity contribution in [1.82, 2.24) is 25.2 Å². The fraction of sp³-hybridized carbons (Fsp3) is 0.360. The minimum absolute atomic E-state index is 0.267. The standard InChI is InChI=1S/C25H31N7O4/c1-26-25(11-12-31(2)3)10-9-16(13-21(25)32(33)34)29-24-28-15-20(36-5)23(30-24)18-14-27-22-17(18)7-6-8-19(22)35-4/h6-10,13-15,21,26-27H,11-12H2,1-5H3,(H,28,29,30). The number of para-hydroxylation sites is 1. The summed E-state index contributed by atoms with van der Waals surface area (Å²) in [5.41, 5.74) is 1.99. The molecular weight excluding hydrogens is 462 g/mol. The molecule has 0 spiro atoms. The Balaban J connectivity index is 1.67. The van der Waals surface area contributed by atoms with E-state index in [1.165, 1.54) is 0 Å². The van der Waals surface area contributed by atoms with Crippen LogP contribution in [-0.2, 0) is 0 Å². The van der Waals surface area contributed by atoms with Gasteiger partial charge < -0.3 is 30.0 Å². The average molecular weight is 494 g/mol. The molecule has 0 bridgehead atoms. The van der Waals surface area contributed by atoms with Crippen molar-refractivity contribution in [2.24, 2.45) is 0 Å². The molecule has 36 heavy (non-hydrogen) atoms. The Morgan fingerprint density at radius 2 is 2.03 bits per heavy atom. The highest BCUT2D eigenvalue weighted by atomic mass is 16.6. The number of hydrogen-bond donors (Lipinski definition) is 3. The van der Waals surface area contributed by atoms with E-state index in [1.54, 1.807) is 33.5 Å². The van der Waals surface area contributed by atoms with E-state index in [1.807, 2.05) is 55.5 Å². The minimum Gasteiger partial charge on any atom is -0.495 e. The van der Waals surface area contributed by atoms with Crippen LogP contribution in [0.5, 0.6) is 11.5 Å². The van der Waals surface area contributed by atoms with E-state index in [4.69, 9.17) is 14.5 Å². The maximum Gasteiger partial charge on any atom is 0.254 e. The van der Waals surface area contributed by atoms with Gasteiger partial charge >= 0.3 is 0 Å². The van der Waals surface area contributed by atoms with Crippen molar-refractivity contribution >= 4 is 16.9 Å². The zero-order chi connectivity index (χ0) is 25.9. The first-order valence-electron chi connectivity index (χ1n) is 11.5. The number of ether oxygens (including phenoxy) is 2. The van der Waals surface area contributed by atoms with Gasteiger partial charge in [-0.2, -0.15) is 0 Å². The summed E-state index contributed by atoms with van der Waals surface area (Å²) in [6.07, 6.45) is 9.29. The van der Waals surface area contributed by atoms with Crippen LogP contribution in [0.4, 0.5) is 5.95 Å². The van der Waals surface area contributed by atoms with E-state index in [-0.39, 0.29) is 4.92 Å². The molecule has 11 nitrogen and oxygen atoms in total. The third-order valence-corrected chi connectivity index (χ3v) is 6.47. The number of anilines is 1. The van der Waals surface area contributed by atoms with Crippen LogP contribution in [0.1, 0.15) is 6.42 Å². The summed E-state index contributed by atoms with van der Waals surface area (Å²) in [5.74, 6) is 1.51. The van der Waals surface area contributed by atoms with E-state index < -0.39 is 11.6 Å². The summed E-state index contributed by atoms with van der Waals surface area (Å²) in [5, 5.41) is 19.2. The number of fused-ring (bicyclic) bond motifs is 1. The average Bonchev–Trinajstić information content (AvgIpc) is 3.32. The number of nitrogens with one attached hydrogen (secondary N) is 3. The van der Waals surface area contributed by atoms with E-state index in [2.05, 4.69) is 20.6 Å². The van der Waals surface area contributed by atoms with Gasteiger partial charge in [0.15, 0.2) is 5.75 Å². The Hall–Kier alpha value is -3.96. The van der Waals surface area contributed by atoms with Crippen molar-refractivity contribution in [2.75, 3.05) is 47.2 Å². The molecule has 190 valence electrons. The summed E-state index contributed by atoms with van der Waals surface area (Å²) in [4.78, 5) is 26.1. The van der Waals surface area contributed by atoms with Gasteiger partial charge in [0.1, 0.15) is 17.0 Å². The molecular formula is C25H31N7O4. The second-order valence-corrected chi connectivity index (χ2v) is 8.85. The molecule has 11 heteroatoms. The van der Waals surface area contributed by atoms with Gasteiger partial charge in [-0.1, -0.05) is 18.2 Å². The number of methoxy groups -OCH3 is 2. The number of nitrogens with zero attached hydrogens (tertiary/aromatic N) is 4. The monoisotopic (exact) mass is 493 g/mol. The highest BCUT2D eigenvalue weighted by molar-refractivity contribution is 5.98. The molecule has 0 fully saturated rings. The molecule has 0 saturated heterocycles. The maximum absolute atomic E-state index is 12.0. The van der Waals surface area contributed by atoms with Crippen LogP contribution < -0.4 is 20.1 Å². The topological polar surface area (TPSA) is 130 Å². The largest absolute Gasteiger partial charge is 0.495 e. The van der Waals surface area contributed by atoms with Crippen LogP contribution in [0.15, 0.2) is 54.5 Å². The van der Waals surface area contributed by atoms with Crippen LogP contribution in [-0.4, -0.2) is 78.3 Å². The highest BCUT2D eigenvalue weighted by Crippen LogP contribution is 2.37. The number of H-pyrrole nitrogens is 1. The molecule has 2 unspecified atom stereocenters. The smallest absolute Gasteiger partial charge is 0.254 e. The molecule has 0 radical (unpaired) electrons. The highest BCUT2D eigenvalue weighted by Gasteiger charge is 2.44. The second-order valence-electron chi connectivity index (χ2n) is 8.85. The van der Waals surface area contributed by atoms with Crippen LogP contribution in [0.2, 0.25) is 0 Å². The molecule has 0 saturated carbocycles. The van der Waals surface area contributed by atoms with E-state index in [0.717, 1.165) is 22.2 Å². The predicted octanol–water partition coefficient (Wildman–Crippen LogP) is 3.06. The number of hydrogen-bond acceptors (Lipinski definition) is 9.